The van der Waals surface area contributed by atoms with E-state index >= 15 is 0 Å². The Morgan fingerprint density at radius 1 is 1.35 bits per heavy atom. The molecule has 2 nitrogen and oxygen atoms in total. The van der Waals surface area contributed by atoms with E-state index in [-0.39, 0.29) is 0 Å². The van der Waals surface area contributed by atoms with Crippen LogP contribution < -0.4 is 10.1 Å². The summed E-state index contributed by atoms with van der Waals surface area (Å²) in [7, 11) is 1.75. The van der Waals surface area contributed by atoms with Gasteiger partial charge in [0.05, 0.1) is 7.11 Å². The van der Waals surface area contributed by atoms with Crippen LogP contribution in [-0.2, 0) is 0 Å². The third-order valence-corrected chi connectivity index (χ3v) is 5.95. The molecular formula is C17H27NOS. The molecule has 0 bridgehead atoms. The molecule has 1 fully saturated rings. The summed E-state index contributed by atoms with van der Waals surface area (Å²) in [5.74, 6) is 0.986. The van der Waals surface area contributed by atoms with E-state index in [9.17, 15) is 0 Å². The second-order valence-electron chi connectivity index (χ2n) is 5.94. The molecule has 112 valence electrons. The highest BCUT2D eigenvalue weighted by Gasteiger charge is 2.33. The van der Waals surface area contributed by atoms with Crippen molar-refractivity contribution in [3.8, 4) is 5.75 Å². The Morgan fingerprint density at radius 3 is 2.65 bits per heavy atom. The Kier molecular flexibility index (Phi) is 5.39. The number of hydrogen-bond donors (Lipinski definition) is 1. The van der Waals surface area contributed by atoms with Gasteiger partial charge in [0.15, 0.2) is 0 Å². The Bertz CT molecular complexity index is 441. The van der Waals surface area contributed by atoms with E-state index < -0.39 is 0 Å². The summed E-state index contributed by atoms with van der Waals surface area (Å²) in [6, 6.07) is 6.74. The molecule has 0 aliphatic heterocycles. The van der Waals surface area contributed by atoms with Crippen LogP contribution in [0, 0.1) is 6.92 Å². The van der Waals surface area contributed by atoms with Crippen molar-refractivity contribution in [2.45, 2.75) is 50.3 Å². The van der Waals surface area contributed by atoms with E-state index in [1.807, 2.05) is 11.8 Å². The Balaban J connectivity index is 2.04. The number of benzene rings is 1. The smallest absolute Gasteiger partial charge is 0.123 e. The van der Waals surface area contributed by atoms with Gasteiger partial charge in [-0.3, -0.25) is 0 Å². The first-order valence-electron chi connectivity index (χ1n) is 7.53. The van der Waals surface area contributed by atoms with E-state index in [1.54, 1.807) is 7.11 Å². The average molecular weight is 293 g/mol. The van der Waals surface area contributed by atoms with Crippen LogP contribution in [0.2, 0.25) is 0 Å². The highest BCUT2D eigenvalue weighted by Crippen LogP contribution is 2.40. The van der Waals surface area contributed by atoms with Crippen LogP contribution in [0.4, 0.5) is 0 Å². The molecule has 0 radical (unpaired) electrons. The first-order valence-corrected chi connectivity index (χ1v) is 8.76. The fraction of sp³-hybridized carbons (Fsp3) is 0.647. The van der Waals surface area contributed by atoms with E-state index in [0.717, 1.165) is 12.3 Å². The largest absolute Gasteiger partial charge is 0.496 e. The molecule has 3 heteroatoms. The van der Waals surface area contributed by atoms with Gasteiger partial charge in [-0.05, 0) is 39.0 Å². The summed E-state index contributed by atoms with van der Waals surface area (Å²) in [6.07, 6.45) is 7.71. The van der Waals surface area contributed by atoms with Crippen molar-refractivity contribution in [2.75, 3.05) is 19.9 Å². The second-order valence-corrected chi connectivity index (χ2v) is 7.22. The third-order valence-electron chi connectivity index (χ3n) is 4.53. The van der Waals surface area contributed by atoms with Crippen molar-refractivity contribution < 1.29 is 4.74 Å². The van der Waals surface area contributed by atoms with Crippen LogP contribution in [0.15, 0.2) is 18.2 Å². The SMILES string of the molecule is COc1ccc(C)cc1C(C)NCC1(SC)CCCC1. The van der Waals surface area contributed by atoms with Crippen molar-refractivity contribution in [1.82, 2.24) is 5.32 Å². The second kappa shape index (κ2) is 6.86. The zero-order valence-corrected chi connectivity index (χ0v) is 14.0. The van der Waals surface area contributed by atoms with Gasteiger partial charge < -0.3 is 10.1 Å². The fourth-order valence-corrected chi connectivity index (χ4v) is 4.04. The predicted molar refractivity (Wildman–Crippen MR) is 88.9 cm³/mol. The van der Waals surface area contributed by atoms with Gasteiger partial charge in [-0.15, -0.1) is 0 Å². The molecule has 1 N–H and O–H groups in total. The molecule has 0 saturated heterocycles. The van der Waals surface area contributed by atoms with Gasteiger partial charge in [0.1, 0.15) is 5.75 Å². The maximum absolute atomic E-state index is 5.50. The summed E-state index contributed by atoms with van der Waals surface area (Å²) < 4.78 is 5.95. The van der Waals surface area contributed by atoms with Crippen LogP contribution in [0.1, 0.15) is 49.8 Å². The van der Waals surface area contributed by atoms with E-state index in [1.165, 1.54) is 36.8 Å². The zero-order valence-electron chi connectivity index (χ0n) is 13.2. The molecule has 0 amide bonds. The zero-order chi connectivity index (χ0) is 14.6. The van der Waals surface area contributed by atoms with Crippen molar-refractivity contribution in [3.63, 3.8) is 0 Å². The van der Waals surface area contributed by atoms with Crippen LogP contribution in [0.5, 0.6) is 5.75 Å². The van der Waals surface area contributed by atoms with Gasteiger partial charge in [0, 0.05) is 22.9 Å². The molecule has 2 rings (SSSR count). The van der Waals surface area contributed by atoms with Crippen molar-refractivity contribution >= 4 is 11.8 Å². The standard InChI is InChI=1S/C17H27NOS/c1-13-7-8-16(19-3)15(11-13)14(2)18-12-17(20-4)9-5-6-10-17/h7-8,11,14,18H,5-6,9-10,12H2,1-4H3. The molecule has 1 aromatic carbocycles. The first-order chi connectivity index (χ1) is 9.60. The molecule has 1 aromatic rings. The minimum Gasteiger partial charge on any atom is -0.496 e. The lowest BCUT2D eigenvalue weighted by molar-refractivity contribution is 0.398. The topological polar surface area (TPSA) is 21.3 Å². The molecule has 1 atom stereocenters. The number of ether oxygens (including phenoxy) is 1. The lowest BCUT2D eigenvalue weighted by atomic mass is 10.0. The fourth-order valence-electron chi connectivity index (χ4n) is 3.11. The molecule has 0 aromatic heterocycles. The Morgan fingerprint density at radius 2 is 2.05 bits per heavy atom. The highest BCUT2D eigenvalue weighted by atomic mass is 32.2. The molecule has 1 unspecified atom stereocenters. The van der Waals surface area contributed by atoms with Crippen molar-refractivity contribution in [2.24, 2.45) is 0 Å². The summed E-state index contributed by atoms with van der Waals surface area (Å²) in [4.78, 5) is 0. The maximum atomic E-state index is 5.50. The summed E-state index contributed by atoms with van der Waals surface area (Å²) in [5.41, 5.74) is 2.55. The monoisotopic (exact) mass is 293 g/mol. The van der Waals surface area contributed by atoms with Gasteiger partial charge >= 0.3 is 0 Å². The maximum Gasteiger partial charge on any atom is 0.123 e. The van der Waals surface area contributed by atoms with Crippen LogP contribution in [0.25, 0.3) is 0 Å². The lowest BCUT2D eigenvalue weighted by Crippen LogP contribution is -2.36. The number of aryl methyl sites for hydroxylation is 1. The summed E-state index contributed by atoms with van der Waals surface area (Å²) in [6.45, 7) is 5.46. The Hall–Kier alpha value is -0.670. The number of nitrogens with one attached hydrogen (secondary N) is 1. The molecule has 1 saturated carbocycles. The quantitative estimate of drug-likeness (QED) is 0.843. The van der Waals surface area contributed by atoms with E-state index in [0.29, 0.717) is 10.8 Å². The van der Waals surface area contributed by atoms with Gasteiger partial charge in [0.25, 0.3) is 0 Å². The number of rotatable bonds is 6. The Labute approximate surface area is 127 Å². The summed E-state index contributed by atoms with van der Waals surface area (Å²) >= 11 is 2.04. The molecule has 20 heavy (non-hydrogen) atoms. The highest BCUT2D eigenvalue weighted by molar-refractivity contribution is 8.00. The minimum absolute atomic E-state index is 0.328. The van der Waals surface area contributed by atoms with Gasteiger partial charge in [-0.1, -0.05) is 30.5 Å². The summed E-state index contributed by atoms with van der Waals surface area (Å²) in [5, 5.41) is 3.73. The molecule has 1 aliphatic rings. The van der Waals surface area contributed by atoms with Gasteiger partial charge in [-0.2, -0.15) is 11.8 Å². The number of thioether (sulfide) groups is 1. The minimum atomic E-state index is 0.328. The average Bonchev–Trinajstić information content (AvgIpc) is 2.94. The predicted octanol–water partition coefficient (Wildman–Crippen LogP) is 4.33. The van der Waals surface area contributed by atoms with Crippen LogP contribution in [0.3, 0.4) is 0 Å². The van der Waals surface area contributed by atoms with Crippen molar-refractivity contribution in [3.05, 3.63) is 29.3 Å². The number of methoxy groups -OCH3 is 1. The van der Waals surface area contributed by atoms with E-state index in [2.05, 4.69) is 43.6 Å². The molecule has 0 heterocycles. The molecule has 1 aliphatic carbocycles. The first kappa shape index (κ1) is 15.7. The third kappa shape index (κ3) is 3.50. The normalized spacial score (nSPS) is 19.0. The van der Waals surface area contributed by atoms with E-state index in [4.69, 9.17) is 4.74 Å². The van der Waals surface area contributed by atoms with Gasteiger partial charge in [-0.25, -0.2) is 0 Å². The van der Waals surface area contributed by atoms with Crippen LogP contribution >= 0.6 is 11.8 Å². The number of hydrogen-bond acceptors (Lipinski definition) is 3. The molecular weight excluding hydrogens is 266 g/mol. The van der Waals surface area contributed by atoms with Gasteiger partial charge in [0.2, 0.25) is 0 Å². The van der Waals surface area contributed by atoms with Crippen LogP contribution in [-0.4, -0.2) is 24.7 Å². The molecule has 0 spiro atoms. The lowest BCUT2D eigenvalue weighted by Gasteiger charge is -2.29. The van der Waals surface area contributed by atoms with Crippen molar-refractivity contribution in [1.29, 1.82) is 0 Å².